The Kier molecular flexibility index (Phi) is 3.89. The summed E-state index contributed by atoms with van der Waals surface area (Å²) in [6.45, 7) is 3.06. The van der Waals surface area contributed by atoms with Crippen molar-refractivity contribution in [2.24, 2.45) is 5.92 Å². The molecule has 0 amide bonds. The van der Waals surface area contributed by atoms with Crippen molar-refractivity contribution in [3.63, 3.8) is 0 Å². The van der Waals surface area contributed by atoms with Crippen LogP contribution < -0.4 is 5.32 Å². The average Bonchev–Trinajstić information content (AvgIpc) is 2.97. The molecule has 5 heteroatoms. The van der Waals surface area contributed by atoms with Crippen LogP contribution in [0.2, 0.25) is 5.28 Å². The average molecular weight is 296 g/mol. The molecule has 0 atom stereocenters. The second-order valence-electron chi connectivity index (χ2n) is 5.28. The third-order valence-corrected chi connectivity index (χ3v) is 4.92. The lowest BCUT2D eigenvalue weighted by atomic mass is 10.0. The maximum atomic E-state index is 5.98. The summed E-state index contributed by atoms with van der Waals surface area (Å²) in [7, 11) is 0. The molecule has 0 radical (unpaired) electrons. The highest BCUT2D eigenvalue weighted by atomic mass is 35.5. The van der Waals surface area contributed by atoms with Crippen molar-refractivity contribution in [2.75, 3.05) is 11.9 Å². The molecule has 1 fully saturated rings. The Hall–Kier alpha value is -0.870. The van der Waals surface area contributed by atoms with Crippen molar-refractivity contribution >= 4 is 39.0 Å². The first-order valence-corrected chi connectivity index (χ1v) is 8.09. The highest BCUT2D eigenvalue weighted by Crippen LogP contribution is 2.30. The molecule has 0 saturated heterocycles. The molecule has 0 aromatic carbocycles. The quantitative estimate of drug-likeness (QED) is 0.835. The van der Waals surface area contributed by atoms with Gasteiger partial charge in [0.1, 0.15) is 10.6 Å². The summed E-state index contributed by atoms with van der Waals surface area (Å²) in [4.78, 5) is 10.8. The SMILES string of the molecule is Cc1cc2c(NCCC3CCCC3)nc(Cl)nc2s1. The van der Waals surface area contributed by atoms with E-state index in [4.69, 9.17) is 11.6 Å². The third-order valence-electron chi connectivity index (χ3n) is 3.81. The number of hydrogen-bond donors (Lipinski definition) is 1. The molecule has 102 valence electrons. The molecular weight excluding hydrogens is 278 g/mol. The molecule has 0 unspecified atom stereocenters. The number of rotatable bonds is 4. The van der Waals surface area contributed by atoms with Gasteiger partial charge in [0.15, 0.2) is 0 Å². The Balaban J connectivity index is 1.72. The van der Waals surface area contributed by atoms with E-state index in [0.717, 1.165) is 28.5 Å². The Morgan fingerprint density at radius 3 is 2.95 bits per heavy atom. The second-order valence-corrected chi connectivity index (χ2v) is 6.86. The van der Waals surface area contributed by atoms with Gasteiger partial charge < -0.3 is 5.32 Å². The van der Waals surface area contributed by atoms with Crippen molar-refractivity contribution in [3.05, 3.63) is 16.2 Å². The zero-order chi connectivity index (χ0) is 13.2. The molecule has 19 heavy (non-hydrogen) atoms. The number of aromatic nitrogens is 2. The van der Waals surface area contributed by atoms with Crippen molar-refractivity contribution < 1.29 is 0 Å². The molecule has 1 saturated carbocycles. The first-order valence-electron chi connectivity index (χ1n) is 6.90. The van der Waals surface area contributed by atoms with Crippen LogP contribution in [0, 0.1) is 12.8 Å². The van der Waals surface area contributed by atoms with Crippen LogP contribution in [-0.4, -0.2) is 16.5 Å². The van der Waals surface area contributed by atoms with E-state index in [1.54, 1.807) is 11.3 Å². The van der Waals surface area contributed by atoms with Gasteiger partial charge in [-0.3, -0.25) is 0 Å². The van der Waals surface area contributed by atoms with Gasteiger partial charge in [-0.2, -0.15) is 0 Å². The Bertz CT molecular complexity index is 575. The highest BCUT2D eigenvalue weighted by Gasteiger charge is 2.15. The van der Waals surface area contributed by atoms with Crippen LogP contribution in [0.25, 0.3) is 10.2 Å². The van der Waals surface area contributed by atoms with Gasteiger partial charge in [0.05, 0.1) is 5.39 Å². The fourth-order valence-corrected chi connectivity index (χ4v) is 3.94. The van der Waals surface area contributed by atoms with E-state index in [9.17, 15) is 0 Å². The number of aryl methyl sites for hydroxylation is 1. The molecule has 2 aromatic rings. The summed E-state index contributed by atoms with van der Waals surface area (Å²) in [5, 5.41) is 4.87. The summed E-state index contributed by atoms with van der Waals surface area (Å²) in [5.74, 6) is 1.78. The molecular formula is C14H18ClN3S. The smallest absolute Gasteiger partial charge is 0.225 e. The summed E-state index contributed by atoms with van der Waals surface area (Å²) in [6, 6.07) is 2.13. The molecule has 0 spiro atoms. The fraction of sp³-hybridized carbons (Fsp3) is 0.571. The van der Waals surface area contributed by atoms with E-state index in [1.807, 2.05) is 0 Å². The number of nitrogens with one attached hydrogen (secondary N) is 1. The summed E-state index contributed by atoms with van der Waals surface area (Å²) >= 11 is 7.65. The lowest BCUT2D eigenvalue weighted by Gasteiger charge is -2.10. The zero-order valence-electron chi connectivity index (χ0n) is 11.1. The summed E-state index contributed by atoms with van der Waals surface area (Å²) < 4.78 is 0. The van der Waals surface area contributed by atoms with Crippen molar-refractivity contribution in [3.8, 4) is 0 Å². The van der Waals surface area contributed by atoms with Gasteiger partial charge in [0.25, 0.3) is 0 Å². The standard InChI is InChI=1S/C14H18ClN3S/c1-9-8-11-12(17-14(15)18-13(11)19-9)16-7-6-10-4-2-3-5-10/h8,10H,2-7H2,1H3,(H,16,17,18). The first-order chi connectivity index (χ1) is 9.22. The number of anilines is 1. The maximum Gasteiger partial charge on any atom is 0.225 e. The number of fused-ring (bicyclic) bond motifs is 1. The number of hydrogen-bond acceptors (Lipinski definition) is 4. The molecule has 0 bridgehead atoms. The molecule has 3 nitrogen and oxygen atoms in total. The number of nitrogens with zero attached hydrogens (tertiary/aromatic N) is 2. The Morgan fingerprint density at radius 2 is 2.16 bits per heavy atom. The molecule has 1 N–H and O–H groups in total. The molecule has 1 aliphatic rings. The van der Waals surface area contributed by atoms with Gasteiger partial charge in [-0.1, -0.05) is 25.7 Å². The summed E-state index contributed by atoms with van der Waals surface area (Å²) in [5.41, 5.74) is 0. The second kappa shape index (κ2) is 5.63. The van der Waals surface area contributed by atoms with Crippen LogP contribution >= 0.6 is 22.9 Å². The highest BCUT2D eigenvalue weighted by molar-refractivity contribution is 7.18. The van der Waals surface area contributed by atoms with Gasteiger partial charge in [0, 0.05) is 11.4 Å². The van der Waals surface area contributed by atoms with E-state index in [2.05, 4.69) is 28.3 Å². The van der Waals surface area contributed by atoms with E-state index in [0.29, 0.717) is 5.28 Å². The molecule has 3 rings (SSSR count). The molecule has 1 aliphatic carbocycles. The maximum absolute atomic E-state index is 5.98. The van der Waals surface area contributed by atoms with Crippen molar-refractivity contribution in [1.29, 1.82) is 0 Å². The van der Waals surface area contributed by atoms with Gasteiger partial charge in [-0.05, 0) is 36.9 Å². The van der Waals surface area contributed by atoms with Crippen LogP contribution in [-0.2, 0) is 0 Å². The minimum atomic E-state index is 0.331. The first kappa shape index (κ1) is 13.1. The monoisotopic (exact) mass is 295 g/mol. The molecule has 2 heterocycles. The van der Waals surface area contributed by atoms with E-state index < -0.39 is 0 Å². The zero-order valence-corrected chi connectivity index (χ0v) is 12.7. The van der Waals surface area contributed by atoms with Crippen LogP contribution in [0.3, 0.4) is 0 Å². The molecule has 0 aliphatic heterocycles. The predicted octanol–water partition coefficient (Wildman–Crippen LogP) is 4.65. The predicted molar refractivity (Wildman–Crippen MR) is 82.2 cm³/mol. The van der Waals surface area contributed by atoms with Crippen LogP contribution in [0.15, 0.2) is 6.07 Å². The lowest BCUT2D eigenvalue weighted by Crippen LogP contribution is -2.08. The fourth-order valence-electron chi connectivity index (χ4n) is 2.84. The summed E-state index contributed by atoms with van der Waals surface area (Å²) in [6.07, 6.45) is 6.81. The van der Waals surface area contributed by atoms with Gasteiger partial charge in [-0.15, -0.1) is 11.3 Å². The minimum Gasteiger partial charge on any atom is -0.369 e. The molecule has 2 aromatic heterocycles. The normalized spacial score (nSPS) is 16.3. The van der Waals surface area contributed by atoms with Gasteiger partial charge in [-0.25, -0.2) is 9.97 Å². The third kappa shape index (κ3) is 3.00. The van der Waals surface area contributed by atoms with Crippen LogP contribution in [0.1, 0.15) is 37.0 Å². The number of thiophene rings is 1. The van der Waals surface area contributed by atoms with E-state index in [-0.39, 0.29) is 0 Å². The Morgan fingerprint density at radius 1 is 1.37 bits per heavy atom. The van der Waals surface area contributed by atoms with E-state index in [1.165, 1.54) is 37.0 Å². The van der Waals surface area contributed by atoms with Gasteiger partial charge >= 0.3 is 0 Å². The van der Waals surface area contributed by atoms with Crippen molar-refractivity contribution in [1.82, 2.24) is 9.97 Å². The number of halogens is 1. The Labute approximate surface area is 122 Å². The van der Waals surface area contributed by atoms with Gasteiger partial charge in [0.2, 0.25) is 5.28 Å². The largest absolute Gasteiger partial charge is 0.369 e. The van der Waals surface area contributed by atoms with Crippen LogP contribution in [0.4, 0.5) is 5.82 Å². The van der Waals surface area contributed by atoms with E-state index >= 15 is 0 Å². The topological polar surface area (TPSA) is 37.8 Å². The van der Waals surface area contributed by atoms with Crippen molar-refractivity contribution in [2.45, 2.75) is 39.0 Å². The minimum absolute atomic E-state index is 0.331. The lowest BCUT2D eigenvalue weighted by molar-refractivity contribution is 0.518. The van der Waals surface area contributed by atoms with Crippen LogP contribution in [0.5, 0.6) is 0 Å².